The molecule has 0 atom stereocenters. The average molecular weight is 294 g/mol. The van der Waals surface area contributed by atoms with Crippen molar-refractivity contribution in [3.05, 3.63) is 71.8 Å². The van der Waals surface area contributed by atoms with E-state index < -0.39 is 0 Å². The van der Waals surface area contributed by atoms with Gasteiger partial charge in [-0.25, -0.2) is 0 Å². The lowest BCUT2D eigenvalue weighted by Gasteiger charge is -2.24. The lowest BCUT2D eigenvalue weighted by Crippen LogP contribution is -2.22. The largest absolute Gasteiger partial charge is 0.193 e. The maximum Gasteiger partial charge on any atom is 0.0690 e. The van der Waals surface area contributed by atoms with Gasteiger partial charge in [-0.05, 0) is 11.1 Å². The molecule has 0 amide bonds. The molecule has 22 heavy (non-hydrogen) atoms. The molecule has 0 heterocycles. The Morgan fingerprint density at radius 3 is 1.23 bits per heavy atom. The second-order valence-electron chi connectivity index (χ2n) is 7.10. The first-order valence-corrected chi connectivity index (χ1v) is 7.86. The fraction of sp³-hybridized carbons (Fsp3) is 0.400. The maximum absolute atomic E-state index is 4.46. The summed E-state index contributed by atoms with van der Waals surface area (Å²) in [6.45, 7) is 10.3. The van der Waals surface area contributed by atoms with Crippen molar-refractivity contribution in [2.45, 2.75) is 38.5 Å². The first-order chi connectivity index (χ1) is 10.4. The summed E-state index contributed by atoms with van der Waals surface area (Å²) in [6, 6.07) is 21.0. The van der Waals surface area contributed by atoms with E-state index in [1.54, 1.807) is 0 Å². The molecule has 2 aromatic rings. The predicted molar refractivity (Wildman–Crippen MR) is 93.5 cm³/mol. The molecule has 2 heteroatoms. The van der Waals surface area contributed by atoms with Crippen molar-refractivity contribution in [3.63, 3.8) is 0 Å². The monoisotopic (exact) mass is 294 g/mol. The van der Waals surface area contributed by atoms with Crippen molar-refractivity contribution in [2.75, 3.05) is 13.1 Å². The maximum atomic E-state index is 4.46. The van der Waals surface area contributed by atoms with Gasteiger partial charge in [-0.2, -0.15) is 10.2 Å². The zero-order chi connectivity index (χ0) is 16.1. The number of rotatable bonds is 6. The Morgan fingerprint density at radius 1 is 0.591 bits per heavy atom. The first kappa shape index (κ1) is 16.4. The molecule has 0 spiro atoms. The molecule has 116 valence electrons. The van der Waals surface area contributed by atoms with Gasteiger partial charge in [0.1, 0.15) is 0 Å². The highest BCUT2D eigenvalue weighted by Crippen LogP contribution is 2.25. The molecule has 0 fully saturated rings. The van der Waals surface area contributed by atoms with Crippen molar-refractivity contribution < 1.29 is 0 Å². The van der Waals surface area contributed by atoms with E-state index in [-0.39, 0.29) is 10.8 Å². The van der Waals surface area contributed by atoms with Gasteiger partial charge in [-0.15, -0.1) is 0 Å². The number of hydrogen-bond donors (Lipinski definition) is 0. The molecule has 0 aliphatic rings. The Kier molecular flexibility index (Phi) is 5.12. The molecular formula is C20H26N2. The van der Waals surface area contributed by atoms with Crippen LogP contribution in [-0.2, 0) is 10.8 Å². The summed E-state index contributed by atoms with van der Waals surface area (Å²) in [6.07, 6.45) is 0. The van der Waals surface area contributed by atoms with Crippen molar-refractivity contribution >= 4 is 0 Å². The van der Waals surface area contributed by atoms with Crippen LogP contribution in [0.2, 0.25) is 0 Å². The molecule has 0 aromatic heterocycles. The lowest BCUT2D eigenvalue weighted by molar-refractivity contribution is 0.493. The molecular weight excluding hydrogens is 268 g/mol. The van der Waals surface area contributed by atoms with E-state index in [1.165, 1.54) is 11.1 Å². The number of benzene rings is 2. The van der Waals surface area contributed by atoms with E-state index in [0.717, 1.165) is 0 Å². The standard InChI is InChI=1S/C20H26N2/c1-19(2,17-11-7-5-8-12-17)15-21-22-16-20(3,4)18-13-9-6-10-14-18/h5-14H,15-16H2,1-4H3. The zero-order valence-electron chi connectivity index (χ0n) is 14.1. The lowest BCUT2D eigenvalue weighted by atomic mass is 9.84. The van der Waals surface area contributed by atoms with Gasteiger partial charge in [-0.3, -0.25) is 0 Å². The van der Waals surface area contributed by atoms with Gasteiger partial charge in [-0.1, -0.05) is 88.4 Å². The van der Waals surface area contributed by atoms with Crippen molar-refractivity contribution in [1.82, 2.24) is 0 Å². The fourth-order valence-electron chi connectivity index (χ4n) is 2.41. The normalized spacial score (nSPS) is 12.7. The first-order valence-electron chi connectivity index (χ1n) is 7.86. The molecule has 0 saturated carbocycles. The highest BCUT2D eigenvalue weighted by Gasteiger charge is 2.21. The molecule has 0 aliphatic heterocycles. The van der Waals surface area contributed by atoms with Crippen molar-refractivity contribution in [1.29, 1.82) is 0 Å². The van der Waals surface area contributed by atoms with Crippen LogP contribution in [0.3, 0.4) is 0 Å². The van der Waals surface area contributed by atoms with Crippen LogP contribution in [0.15, 0.2) is 70.9 Å². The van der Waals surface area contributed by atoms with E-state index in [4.69, 9.17) is 0 Å². The van der Waals surface area contributed by atoms with Crippen LogP contribution < -0.4 is 0 Å². The third-order valence-electron chi connectivity index (χ3n) is 4.14. The Hall–Kier alpha value is -1.96. The summed E-state index contributed by atoms with van der Waals surface area (Å²) in [7, 11) is 0. The smallest absolute Gasteiger partial charge is 0.0690 e. The summed E-state index contributed by atoms with van der Waals surface area (Å²) >= 11 is 0. The summed E-state index contributed by atoms with van der Waals surface area (Å²) < 4.78 is 0. The Bertz CT molecular complexity index is 543. The van der Waals surface area contributed by atoms with Gasteiger partial charge in [0.2, 0.25) is 0 Å². The summed E-state index contributed by atoms with van der Waals surface area (Å²) in [5.41, 5.74) is 2.64. The molecule has 2 rings (SSSR count). The van der Waals surface area contributed by atoms with Crippen LogP contribution in [0.1, 0.15) is 38.8 Å². The van der Waals surface area contributed by atoms with E-state index in [2.05, 4.69) is 86.5 Å². The third kappa shape index (κ3) is 4.27. The van der Waals surface area contributed by atoms with Crippen LogP contribution in [0.25, 0.3) is 0 Å². The van der Waals surface area contributed by atoms with Gasteiger partial charge < -0.3 is 0 Å². The molecule has 2 aromatic carbocycles. The minimum Gasteiger partial charge on any atom is -0.193 e. The summed E-state index contributed by atoms with van der Waals surface area (Å²) in [5, 5.41) is 8.91. The number of azo groups is 1. The van der Waals surface area contributed by atoms with E-state index in [0.29, 0.717) is 13.1 Å². The zero-order valence-corrected chi connectivity index (χ0v) is 14.1. The average Bonchev–Trinajstić information content (AvgIpc) is 2.53. The molecule has 2 nitrogen and oxygen atoms in total. The molecule has 0 radical (unpaired) electrons. The van der Waals surface area contributed by atoms with Gasteiger partial charge in [0.25, 0.3) is 0 Å². The second-order valence-corrected chi connectivity index (χ2v) is 7.10. The SMILES string of the molecule is CC(C)(CN=NCC(C)(C)c1ccccc1)c1ccccc1. The Morgan fingerprint density at radius 2 is 0.909 bits per heavy atom. The molecule has 0 aliphatic carbocycles. The van der Waals surface area contributed by atoms with Gasteiger partial charge in [0, 0.05) is 10.8 Å². The predicted octanol–water partition coefficient (Wildman–Crippen LogP) is 5.39. The topological polar surface area (TPSA) is 24.7 Å². The molecule has 0 N–H and O–H groups in total. The van der Waals surface area contributed by atoms with Gasteiger partial charge >= 0.3 is 0 Å². The van der Waals surface area contributed by atoms with E-state index >= 15 is 0 Å². The minimum atomic E-state index is 0.0155. The quantitative estimate of drug-likeness (QED) is 0.638. The van der Waals surface area contributed by atoms with Gasteiger partial charge in [0.15, 0.2) is 0 Å². The van der Waals surface area contributed by atoms with Crippen molar-refractivity contribution in [2.24, 2.45) is 10.2 Å². The molecule has 0 saturated heterocycles. The van der Waals surface area contributed by atoms with Crippen LogP contribution in [0.5, 0.6) is 0 Å². The second kappa shape index (κ2) is 6.87. The number of nitrogens with zero attached hydrogens (tertiary/aromatic N) is 2. The van der Waals surface area contributed by atoms with Gasteiger partial charge in [0.05, 0.1) is 13.1 Å². The highest BCUT2D eigenvalue weighted by molar-refractivity contribution is 5.24. The minimum absolute atomic E-state index is 0.0155. The van der Waals surface area contributed by atoms with Crippen LogP contribution in [-0.4, -0.2) is 13.1 Å². The molecule has 0 bridgehead atoms. The van der Waals surface area contributed by atoms with Crippen molar-refractivity contribution in [3.8, 4) is 0 Å². The molecule has 0 unspecified atom stereocenters. The van der Waals surface area contributed by atoms with E-state index in [9.17, 15) is 0 Å². The Labute approximate surface area is 134 Å². The highest BCUT2D eigenvalue weighted by atomic mass is 15.1. The third-order valence-corrected chi connectivity index (χ3v) is 4.14. The summed E-state index contributed by atoms with van der Waals surface area (Å²) in [4.78, 5) is 0. The van der Waals surface area contributed by atoms with Crippen LogP contribution >= 0.6 is 0 Å². The van der Waals surface area contributed by atoms with Crippen LogP contribution in [0.4, 0.5) is 0 Å². The summed E-state index contributed by atoms with van der Waals surface area (Å²) in [5.74, 6) is 0. The fourth-order valence-corrected chi connectivity index (χ4v) is 2.41. The van der Waals surface area contributed by atoms with E-state index in [1.807, 2.05) is 12.1 Å². The number of hydrogen-bond acceptors (Lipinski definition) is 2. The Balaban J connectivity index is 1.96. The van der Waals surface area contributed by atoms with Crippen LogP contribution in [0, 0.1) is 0 Å².